The third-order valence-electron chi connectivity index (χ3n) is 6.23. The molecule has 0 saturated carbocycles. The SMILES string of the molecule is CCOC(=O)CCCn1nnnc1-c1ccc2c(c1)C(Nc1ccnc(Cl)n1)C(C)(O)C(C)(C)O2. The van der Waals surface area contributed by atoms with Gasteiger partial charge in [0.2, 0.25) is 5.28 Å². The van der Waals surface area contributed by atoms with Crippen molar-refractivity contribution in [3.05, 3.63) is 41.3 Å². The number of anilines is 1. The Hall–Kier alpha value is -3.31. The molecule has 2 aromatic heterocycles. The van der Waals surface area contributed by atoms with Crippen LogP contribution in [0.4, 0.5) is 5.82 Å². The first-order chi connectivity index (χ1) is 16.6. The Morgan fingerprint density at radius 3 is 2.86 bits per heavy atom. The van der Waals surface area contributed by atoms with E-state index in [9.17, 15) is 9.90 Å². The third kappa shape index (κ3) is 5.06. The molecule has 0 amide bonds. The Morgan fingerprint density at radius 1 is 1.31 bits per heavy atom. The van der Waals surface area contributed by atoms with Crippen LogP contribution in [0.1, 0.15) is 52.1 Å². The molecule has 0 radical (unpaired) electrons. The van der Waals surface area contributed by atoms with Crippen LogP contribution in [-0.4, -0.2) is 59.1 Å². The normalized spacial score (nSPS) is 20.6. The van der Waals surface area contributed by atoms with Gasteiger partial charge in [-0.25, -0.2) is 14.6 Å². The van der Waals surface area contributed by atoms with Crippen LogP contribution in [0.2, 0.25) is 5.28 Å². The number of carbonyl (C=O) groups excluding carboxylic acids is 1. The minimum absolute atomic E-state index is 0.0944. The largest absolute Gasteiger partial charge is 0.484 e. The predicted octanol–water partition coefficient (Wildman–Crippen LogP) is 3.20. The molecule has 2 N–H and O–H groups in total. The van der Waals surface area contributed by atoms with Crippen molar-refractivity contribution in [1.82, 2.24) is 30.2 Å². The molecule has 0 fully saturated rings. The van der Waals surface area contributed by atoms with Gasteiger partial charge in [-0.1, -0.05) is 0 Å². The van der Waals surface area contributed by atoms with Crippen molar-refractivity contribution in [2.45, 2.75) is 64.3 Å². The summed E-state index contributed by atoms with van der Waals surface area (Å²) in [4.78, 5) is 19.8. The lowest BCUT2D eigenvalue weighted by Gasteiger charge is -2.49. The van der Waals surface area contributed by atoms with Crippen LogP contribution in [-0.2, 0) is 16.1 Å². The predicted molar refractivity (Wildman–Crippen MR) is 128 cm³/mol. The van der Waals surface area contributed by atoms with E-state index in [1.807, 2.05) is 32.0 Å². The standard InChI is InChI=1S/C23H28ClN7O4/c1-5-34-18(32)7-6-12-31-20(28-29-30-31)14-8-9-16-15(13-14)19(23(4,33)22(2,3)35-16)26-17-10-11-25-21(24)27-17/h8-11,13,19,33H,5-7,12H2,1-4H3,(H,25,26,27). The van der Waals surface area contributed by atoms with Crippen LogP contribution < -0.4 is 10.1 Å². The summed E-state index contributed by atoms with van der Waals surface area (Å²) in [5, 5.41) is 27.0. The first-order valence-corrected chi connectivity index (χ1v) is 11.7. The summed E-state index contributed by atoms with van der Waals surface area (Å²) in [7, 11) is 0. The number of aromatic nitrogens is 6. The molecule has 2 unspecified atom stereocenters. The zero-order valence-corrected chi connectivity index (χ0v) is 20.8. The number of aliphatic hydroxyl groups is 1. The number of esters is 1. The monoisotopic (exact) mass is 501 g/mol. The summed E-state index contributed by atoms with van der Waals surface area (Å²) < 4.78 is 12.8. The number of ether oxygens (including phenoxy) is 2. The average Bonchev–Trinajstić information content (AvgIpc) is 3.25. The van der Waals surface area contributed by atoms with Gasteiger partial charge in [0.05, 0.1) is 12.6 Å². The van der Waals surface area contributed by atoms with Crippen LogP contribution >= 0.6 is 11.6 Å². The lowest BCUT2D eigenvalue weighted by Crippen LogP contribution is -2.60. The molecule has 0 bridgehead atoms. The van der Waals surface area contributed by atoms with E-state index in [2.05, 4.69) is 30.8 Å². The zero-order chi connectivity index (χ0) is 25.2. The van der Waals surface area contributed by atoms with Gasteiger partial charge < -0.3 is 19.9 Å². The number of benzene rings is 1. The molecule has 0 spiro atoms. The van der Waals surface area contributed by atoms with Crippen LogP contribution in [0.25, 0.3) is 11.4 Å². The maximum absolute atomic E-state index is 11.7. The van der Waals surface area contributed by atoms with Crippen molar-refractivity contribution >= 4 is 23.4 Å². The van der Waals surface area contributed by atoms with Gasteiger partial charge in [-0.15, -0.1) is 5.10 Å². The summed E-state index contributed by atoms with van der Waals surface area (Å²) in [6.07, 6.45) is 2.35. The Labute approximate surface area is 207 Å². The Kier molecular flexibility index (Phi) is 6.91. The van der Waals surface area contributed by atoms with Crippen molar-refractivity contribution in [3.63, 3.8) is 0 Å². The number of fused-ring (bicyclic) bond motifs is 1. The minimum atomic E-state index is -1.33. The summed E-state index contributed by atoms with van der Waals surface area (Å²) >= 11 is 5.98. The molecule has 186 valence electrons. The lowest BCUT2D eigenvalue weighted by atomic mass is 9.75. The van der Waals surface area contributed by atoms with Crippen LogP contribution in [0.3, 0.4) is 0 Å². The molecule has 3 heterocycles. The van der Waals surface area contributed by atoms with E-state index >= 15 is 0 Å². The maximum atomic E-state index is 11.7. The maximum Gasteiger partial charge on any atom is 0.305 e. The third-order valence-corrected chi connectivity index (χ3v) is 6.41. The average molecular weight is 502 g/mol. The highest BCUT2D eigenvalue weighted by molar-refractivity contribution is 6.28. The number of rotatable bonds is 8. The zero-order valence-electron chi connectivity index (χ0n) is 20.0. The number of nitrogens with zero attached hydrogens (tertiary/aromatic N) is 6. The fourth-order valence-corrected chi connectivity index (χ4v) is 4.13. The van der Waals surface area contributed by atoms with E-state index in [-0.39, 0.29) is 17.7 Å². The molecular formula is C23H28ClN7O4. The number of aryl methyl sites for hydroxylation is 1. The highest BCUT2D eigenvalue weighted by Gasteiger charge is 2.53. The molecule has 35 heavy (non-hydrogen) atoms. The molecule has 4 rings (SSSR count). The smallest absolute Gasteiger partial charge is 0.305 e. The molecule has 0 saturated heterocycles. The van der Waals surface area contributed by atoms with Gasteiger partial charge >= 0.3 is 5.97 Å². The summed E-state index contributed by atoms with van der Waals surface area (Å²) in [6.45, 7) is 7.94. The minimum Gasteiger partial charge on any atom is -0.484 e. The van der Waals surface area contributed by atoms with E-state index < -0.39 is 17.2 Å². The molecule has 2 atom stereocenters. The van der Waals surface area contributed by atoms with E-state index in [0.29, 0.717) is 42.5 Å². The summed E-state index contributed by atoms with van der Waals surface area (Å²) in [5.74, 6) is 1.36. The van der Waals surface area contributed by atoms with Gasteiger partial charge in [-0.05, 0) is 80.4 Å². The lowest BCUT2D eigenvalue weighted by molar-refractivity contribution is -0.143. The highest BCUT2D eigenvalue weighted by atomic mass is 35.5. The van der Waals surface area contributed by atoms with E-state index in [1.54, 1.807) is 30.8 Å². The number of carbonyl (C=O) groups is 1. The first kappa shape index (κ1) is 24.8. The Balaban J connectivity index is 1.66. The number of hydrogen-bond acceptors (Lipinski definition) is 10. The molecule has 12 heteroatoms. The topological polar surface area (TPSA) is 137 Å². The molecule has 3 aromatic rings. The van der Waals surface area contributed by atoms with Gasteiger partial charge in [-0.2, -0.15) is 0 Å². The van der Waals surface area contributed by atoms with Gasteiger partial charge in [0, 0.05) is 30.3 Å². The molecule has 1 aliphatic rings. The van der Waals surface area contributed by atoms with Crippen molar-refractivity contribution in [1.29, 1.82) is 0 Å². The van der Waals surface area contributed by atoms with Crippen molar-refractivity contribution in [2.75, 3.05) is 11.9 Å². The fourth-order valence-electron chi connectivity index (χ4n) is 3.98. The van der Waals surface area contributed by atoms with E-state index in [1.165, 1.54) is 0 Å². The van der Waals surface area contributed by atoms with Gasteiger partial charge in [0.25, 0.3) is 0 Å². The Morgan fingerprint density at radius 2 is 2.11 bits per heavy atom. The second-order valence-corrected chi connectivity index (χ2v) is 9.27. The van der Waals surface area contributed by atoms with Crippen molar-refractivity contribution in [2.24, 2.45) is 0 Å². The number of hydrogen-bond donors (Lipinski definition) is 2. The summed E-state index contributed by atoms with van der Waals surface area (Å²) in [5.41, 5.74) is -0.800. The number of tetrazole rings is 1. The summed E-state index contributed by atoms with van der Waals surface area (Å²) in [6, 6.07) is 6.66. The van der Waals surface area contributed by atoms with Crippen molar-refractivity contribution in [3.8, 4) is 17.1 Å². The second kappa shape index (κ2) is 9.74. The molecule has 0 aliphatic carbocycles. The van der Waals surface area contributed by atoms with E-state index in [0.717, 1.165) is 5.56 Å². The van der Waals surface area contributed by atoms with Crippen LogP contribution in [0, 0.1) is 0 Å². The molecular weight excluding hydrogens is 474 g/mol. The number of halogens is 1. The molecule has 11 nitrogen and oxygen atoms in total. The number of nitrogens with one attached hydrogen (secondary N) is 1. The van der Waals surface area contributed by atoms with Crippen LogP contribution in [0.15, 0.2) is 30.5 Å². The van der Waals surface area contributed by atoms with Crippen molar-refractivity contribution < 1.29 is 19.4 Å². The molecule has 1 aliphatic heterocycles. The quantitative estimate of drug-likeness (QED) is 0.349. The fraction of sp³-hybridized carbons (Fsp3) is 0.478. The van der Waals surface area contributed by atoms with Gasteiger partial charge in [0.1, 0.15) is 22.8 Å². The Bertz CT molecular complexity index is 1210. The van der Waals surface area contributed by atoms with E-state index in [4.69, 9.17) is 21.1 Å². The molecule has 1 aromatic carbocycles. The van der Waals surface area contributed by atoms with Gasteiger partial charge in [-0.3, -0.25) is 4.79 Å². The highest BCUT2D eigenvalue weighted by Crippen LogP contribution is 2.48. The van der Waals surface area contributed by atoms with Gasteiger partial charge in [0.15, 0.2) is 5.82 Å². The van der Waals surface area contributed by atoms with Crippen LogP contribution in [0.5, 0.6) is 5.75 Å². The first-order valence-electron chi connectivity index (χ1n) is 11.3. The second-order valence-electron chi connectivity index (χ2n) is 8.93.